The van der Waals surface area contributed by atoms with E-state index in [1.807, 2.05) is 31.2 Å². The van der Waals surface area contributed by atoms with Crippen molar-refractivity contribution in [1.29, 1.82) is 0 Å². The second-order valence-electron chi connectivity index (χ2n) is 5.24. The van der Waals surface area contributed by atoms with Crippen LogP contribution in [0.2, 0.25) is 5.02 Å². The van der Waals surface area contributed by atoms with E-state index in [0.29, 0.717) is 16.5 Å². The molecular formula is C18H15ClN4O. The molecule has 1 heterocycles. The number of rotatable bonds is 4. The summed E-state index contributed by atoms with van der Waals surface area (Å²) in [5.74, 6) is 0.246. The second-order valence-corrected chi connectivity index (χ2v) is 5.68. The van der Waals surface area contributed by atoms with Crippen molar-refractivity contribution in [3.05, 3.63) is 77.2 Å². The molecule has 6 heteroatoms. The summed E-state index contributed by atoms with van der Waals surface area (Å²) in [6.45, 7) is 2.01. The van der Waals surface area contributed by atoms with Gasteiger partial charge in [-0.2, -0.15) is 0 Å². The molecule has 0 aliphatic carbocycles. The first-order valence-electron chi connectivity index (χ1n) is 7.33. The topological polar surface area (TPSA) is 66.9 Å². The van der Waals surface area contributed by atoms with Crippen LogP contribution in [0.15, 0.2) is 60.9 Å². The summed E-state index contributed by atoms with van der Waals surface area (Å²) in [6, 6.07) is 14.8. The molecule has 0 fully saturated rings. The van der Waals surface area contributed by atoms with Crippen molar-refractivity contribution in [2.75, 3.05) is 10.6 Å². The summed E-state index contributed by atoms with van der Waals surface area (Å²) in [6.07, 6.45) is 2.96. The van der Waals surface area contributed by atoms with Crippen LogP contribution in [0.4, 0.5) is 17.2 Å². The average molecular weight is 339 g/mol. The van der Waals surface area contributed by atoms with Crippen molar-refractivity contribution in [2.24, 2.45) is 0 Å². The zero-order valence-corrected chi connectivity index (χ0v) is 13.7. The molecule has 3 aromatic rings. The number of aryl methyl sites for hydroxylation is 1. The summed E-state index contributed by atoms with van der Waals surface area (Å²) >= 11 is 5.82. The minimum Gasteiger partial charge on any atom is -0.339 e. The molecule has 3 rings (SSSR count). The second kappa shape index (κ2) is 7.10. The maximum atomic E-state index is 12.1. The van der Waals surface area contributed by atoms with Gasteiger partial charge in [0.1, 0.15) is 11.5 Å². The van der Waals surface area contributed by atoms with Gasteiger partial charge in [-0.05, 0) is 48.9 Å². The Kier molecular flexibility index (Phi) is 4.72. The van der Waals surface area contributed by atoms with Gasteiger partial charge in [0.15, 0.2) is 0 Å². The molecule has 1 aromatic heterocycles. The van der Waals surface area contributed by atoms with Crippen molar-refractivity contribution in [3.8, 4) is 0 Å². The van der Waals surface area contributed by atoms with Crippen molar-refractivity contribution in [1.82, 2.24) is 9.97 Å². The Bertz CT molecular complexity index is 848. The van der Waals surface area contributed by atoms with E-state index in [4.69, 9.17) is 11.6 Å². The van der Waals surface area contributed by atoms with Crippen LogP contribution < -0.4 is 10.6 Å². The number of anilines is 3. The van der Waals surface area contributed by atoms with Gasteiger partial charge in [-0.15, -0.1) is 0 Å². The number of hydrogen-bond acceptors (Lipinski definition) is 4. The smallest absolute Gasteiger partial charge is 0.275 e. The fraction of sp³-hybridized carbons (Fsp3) is 0.0556. The van der Waals surface area contributed by atoms with E-state index >= 15 is 0 Å². The first-order valence-corrected chi connectivity index (χ1v) is 7.70. The van der Waals surface area contributed by atoms with Crippen LogP contribution in [0.5, 0.6) is 0 Å². The van der Waals surface area contributed by atoms with E-state index in [9.17, 15) is 4.79 Å². The molecule has 0 radical (unpaired) electrons. The van der Waals surface area contributed by atoms with E-state index < -0.39 is 0 Å². The van der Waals surface area contributed by atoms with Gasteiger partial charge in [0.2, 0.25) is 0 Å². The largest absolute Gasteiger partial charge is 0.339 e. The monoisotopic (exact) mass is 338 g/mol. The molecule has 0 spiro atoms. The molecule has 2 N–H and O–H groups in total. The highest BCUT2D eigenvalue weighted by Gasteiger charge is 2.08. The number of amides is 1. The van der Waals surface area contributed by atoms with Gasteiger partial charge in [0, 0.05) is 16.4 Å². The predicted molar refractivity (Wildman–Crippen MR) is 95.9 cm³/mol. The average Bonchev–Trinajstić information content (AvgIpc) is 2.57. The van der Waals surface area contributed by atoms with Crippen LogP contribution in [0.25, 0.3) is 0 Å². The molecule has 0 bridgehead atoms. The lowest BCUT2D eigenvalue weighted by Gasteiger charge is -2.07. The minimum absolute atomic E-state index is 0.236. The summed E-state index contributed by atoms with van der Waals surface area (Å²) in [7, 11) is 0. The normalized spacial score (nSPS) is 10.2. The Morgan fingerprint density at radius 2 is 1.79 bits per heavy atom. The van der Waals surface area contributed by atoms with Crippen LogP contribution >= 0.6 is 11.6 Å². The molecule has 0 aliphatic rings. The highest BCUT2D eigenvalue weighted by atomic mass is 35.5. The fourth-order valence-corrected chi connectivity index (χ4v) is 2.23. The van der Waals surface area contributed by atoms with Crippen molar-refractivity contribution in [3.63, 3.8) is 0 Å². The molecule has 5 nitrogen and oxygen atoms in total. The summed E-state index contributed by atoms with van der Waals surface area (Å²) < 4.78 is 0. The number of aromatic nitrogens is 2. The zero-order chi connectivity index (χ0) is 16.9. The van der Waals surface area contributed by atoms with Crippen LogP contribution in [0.1, 0.15) is 16.1 Å². The zero-order valence-electron chi connectivity index (χ0n) is 13.0. The minimum atomic E-state index is -0.327. The lowest BCUT2D eigenvalue weighted by molar-refractivity contribution is 0.102. The number of nitrogens with one attached hydrogen (secondary N) is 2. The van der Waals surface area contributed by atoms with E-state index in [2.05, 4.69) is 20.6 Å². The van der Waals surface area contributed by atoms with Gasteiger partial charge in [0.05, 0.1) is 12.4 Å². The van der Waals surface area contributed by atoms with Gasteiger partial charge in [-0.1, -0.05) is 23.7 Å². The third-order valence-corrected chi connectivity index (χ3v) is 3.53. The van der Waals surface area contributed by atoms with E-state index in [0.717, 1.165) is 11.3 Å². The molecule has 1 amide bonds. The lowest BCUT2D eigenvalue weighted by atomic mass is 10.2. The molecule has 0 unspecified atom stereocenters. The number of benzene rings is 2. The van der Waals surface area contributed by atoms with E-state index in [-0.39, 0.29) is 11.6 Å². The standard InChI is InChI=1S/C18H15ClN4O/c1-12-3-2-4-15(9-12)22-17-11-20-16(10-21-17)18(24)23-14-7-5-13(19)6-8-14/h2-11H,1H3,(H,21,22)(H,23,24). The van der Waals surface area contributed by atoms with Gasteiger partial charge in [-0.25, -0.2) is 9.97 Å². The maximum absolute atomic E-state index is 12.1. The summed E-state index contributed by atoms with van der Waals surface area (Å²) in [5, 5.41) is 6.50. The summed E-state index contributed by atoms with van der Waals surface area (Å²) in [5.41, 5.74) is 2.95. The molecule has 0 saturated heterocycles. The molecule has 0 saturated carbocycles. The van der Waals surface area contributed by atoms with Crippen LogP contribution in [0.3, 0.4) is 0 Å². The Labute approximate surface area is 144 Å². The molecular weight excluding hydrogens is 324 g/mol. The third kappa shape index (κ3) is 4.08. The van der Waals surface area contributed by atoms with Crippen LogP contribution in [-0.2, 0) is 0 Å². The number of carbonyl (C=O) groups excluding carboxylic acids is 1. The highest BCUT2D eigenvalue weighted by molar-refractivity contribution is 6.30. The van der Waals surface area contributed by atoms with Gasteiger partial charge >= 0.3 is 0 Å². The van der Waals surface area contributed by atoms with Gasteiger partial charge < -0.3 is 10.6 Å². The highest BCUT2D eigenvalue weighted by Crippen LogP contribution is 2.16. The first-order chi connectivity index (χ1) is 11.6. The Balaban J connectivity index is 1.67. The molecule has 0 atom stereocenters. The van der Waals surface area contributed by atoms with E-state index in [1.54, 1.807) is 24.3 Å². The maximum Gasteiger partial charge on any atom is 0.275 e. The fourth-order valence-electron chi connectivity index (χ4n) is 2.11. The van der Waals surface area contributed by atoms with E-state index in [1.165, 1.54) is 12.4 Å². The number of carbonyl (C=O) groups is 1. The predicted octanol–water partition coefficient (Wildman–Crippen LogP) is 4.43. The van der Waals surface area contributed by atoms with Crippen LogP contribution in [-0.4, -0.2) is 15.9 Å². The molecule has 24 heavy (non-hydrogen) atoms. The third-order valence-electron chi connectivity index (χ3n) is 3.28. The number of halogens is 1. The Morgan fingerprint density at radius 3 is 2.46 bits per heavy atom. The molecule has 0 aliphatic heterocycles. The quantitative estimate of drug-likeness (QED) is 0.738. The lowest BCUT2D eigenvalue weighted by Crippen LogP contribution is -2.14. The van der Waals surface area contributed by atoms with Crippen molar-refractivity contribution < 1.29 is 4.79 Å². The SMILES string of the molecule is Cc1cccc(Nc2cnc(C(=O)Nc3ccc(Cl)cc3)cn2)c1. The number of nitrogens with zero attached hydrogens (tertiary/aromatic N) is 2. The first kappa shape index (κ1) is 16.0. The van der Waals surface area contributed by atoms with Gasteiger partial charge in [0.25, 0.3) is 5.91 Å². The summed E-state index contributed by atoms with van der Waals surface area (Å²) in [4.78, 5) is 20.5. The molecule has 2 aromatic carbocycles. The van der Waals surface area contributed by atoms with Crippen LogP contribution in [0, 0.1) is 6.92 Å². The van der Waals surface area contributed by atoms with Gasteiger partial charge in [-0.3, -0.25) is 4.79 Å². The van der Waals surface area contributed by atoms with Crippen molar-refractivity contribution >= 4 is 34.7 Å². The molecule has 120 valence electrons. The number of hydrogen-bond donors (Lipinski definition) is 2. The Hall–Kier alpha value is -2.92. The Morgan fingerprint density at radius 1 is 1.00 bits per heavy atom. The van der Waals surface area contributed by atoms with Crippen molar-refractivity contribution in [2.45, 2.75) is 6.92 Å².